The first-order chi connectivity index (χ1) is 5.52. The quantitative estimate of drug-likeness (QED) is 0.409. The van der Waals surface area contributed by atoms with Gasteiger partial charge < -0.3 is 10.2 Å². The molecular formula is C8H10NO3Rb2+. The van der Waals surface area contributed by atoms with Gasteiger partial charge in [0.2, 0.25) is 11.9 Å². The normalized spacial score (nSPS) is 9.07. The van der Waals surface area contributed by atoms with E-state index in [0.717, 1.165) is 12.3 Å². The molecule has 0 aromatic carbocycles. The van der Waals surface area contributed by atoms with Crippen molar-refractivity contribution in [2.45, 2.75) is 19.8 Å². The van der Waals surface area contributed by atoms with E-state index < -0.39 is 11.5 Å². The molecule has 1 aromatic heterocycles. The van der Waals surface area contributed by atoms with E-state index in [1.165, 1.54) is 0 Å². The molecule has 0 fully saturated rings. The van der Waals surface area contributed by atoms with Gasteiger partial charge in [-0.25, -0.2) is 0 Å². The van der Waals surface area contributed by atoms with Crippen molar-refractivity contribution in [3.63, 3.8) is 0 Å². The van der Waals surface area contributed by atoms with E-state index in [9.17, 15) is 10.2 Å². The van der Waals surface area contributed by atoms with Crippen LogP contribution in [0, 0.1) is 0 Å². The Morgan fingerprint density at radius 2 is 1.71 bits per heavy atom. The maximum absolute atomic E-state index is 10.9. The molecule has 1 N–H and O–H groups in total. The largest absolute Gasteiger partial charge is 1.00 e. The summed E-state index contributed by atoms with van der Waals surface area (Å²) in [6.07, 6.45) is 0.887. The number of aromatic nitrogens is 1. The second kappa shape index (κ2) is 8.28. The van der Waals surface area contributed by atoms with Crippen LogP contribution < -0.4 is 131 Å². The predicted octanol–water partition coefficient (Wildman–Crippen LogP) is -6.51. The van der Waals surface area contributed by atoms with Crippen molar-refractivity contribution in [1.29, 1.82) is 0 Å². The standard InChI is InChI=1S/C8H11NO3.2Rb/c1-5(2)6-3-7(10)8(11)4-9(6)12;;/h3-5,11-12H,1-2H3;;/q;2*+1/p-1. The fraction of sp³-hybridized carbons (Fsp3) is 0.375. The third kappa shape index (κ3) is 4.99. The maximum atomic E-state index is 10.9. The zero-order valence-corrected chi connectivity index (χ0v) is 18.8. The van der Waals surface area contributed by atoms with Crippen molar-refractivity contribution in [1.82, 2.24) is 0 Å². The van der Waals surface area contributed by atoms with E-state index in [-0.39, 0.29) is 122 Å². The van der Waals surface area contributed by atoms with Gasteiger partial charge >= 0.3 is 116 Å². The molecule has 4 nitrogen and oxygen atoms in total. The molecule has 0 bridgehead atoms. The van der Waals surface area contributed by atoms with Gasteiger partial charge in [-0.05, 0) is 5.75 Å². The number of rotatable bonds is 1. The Balaban J connectivity index is 0. The Morgan fingerprint density at radius 1 is 1.21 bits per heavy atom. The zero-order valence-electron chi connectivity index (χ0n) is 8.94. The van der Waals surface area contributed by atoms with Crippen LogP contribution in [-0.4, -0.2) is 5.21 Å². The van der Waals surface area contributed by atoms with Crippen molar-refractivity contribution in [2.24, 2.45) is 0 Å². The van der Waals surface area contributed by atoms with Crippen LogP contribution in [0.2, 0.25) is 0 Å². The molecule has 1 rings (SSSR count). The summed E-state index contributed by atoms with van der Waals surface area (Å²) >= 11 is 0. The number of pyridine rings is 1. The van der Waals surface area contributed by atoms with E-state index in [2.05, 4.69) is 0 Å². The van der Waals surface area contributed by atoms with E-state index in [1.807, 2.05) is 13.8 Å². The van der Waals surface area contributed by atoms with Crippen LogP contribution in [0.3, 0.4) is 0 Å². The number of hydrogen-bond acceptors (Lipinski definition) is 3. The van der Waals surface area contributed by atoms with Crippen molar-refractivity contribution >= 4 is 0 Å². The average molecular weight is 339 g/mol. The molecule has 66 valence electrons. The minimum atomic E-state index is -0.693. The van der Waals surface area contributed by atoms with Gasteiger partial charge in [0.15, 0.2) is 0 Å². The Hall–Kier alpha value is 2.16. The van der Waals surface area contributed by atoms with Crippen LogP contribution in [-0.2, 0) is 0 Å². The third-order valence-corrected chi connectivity index (χ3v) is 1.62. The minimum absolute atomic E-state index is 0. The van der Waals surface area contributed by atoms with Crippen molar-refractivity contribution in [3.05, 3.63) is 18.0 Å². The molecule has 1 aromatic rings. The molecule has 0 radical (unpaired) electrons. The summed E-state index contributed by atoms with van der Waals surface area (Å²) in [7, 11) is 0. The predicted molar refractivity (Wildman–Crippen MR) is 36.8 cm³/mol. The summed E-state index contributed by atoms with van der Waals surface area (Å²) in [5, 5.41) is 30.7. The maximum Gasteiger partial charge on any atom is 1.00 e. The molecule has 0 atom stereocenters. The van der Waals surface area contributed by atoms with Crippen molar-refractivity contribution in [3.8, 4) is 11.5 Å². The van der Waals surface area contributed by atoms with Gasteiger partial charge in [-0.3, -0.25) is 5.21 Å². The minimum Gasteiger partial charge on any atom is -0.873 e. The Labute approximate surface area is 181 Å². The van der Waals surface area contributed by atoms with Gasteiger partial charge in [0.1, 0.15) is 0 Å². The smallest absolute Gasteiger partial charge is 0.873 e. The summed E-state index contributed by atoms with van der Waals surface area (Å²) in [6, 6.07) is 1.16. The topological polar surface area (TPSA) is 70.2 Å². The molecule has 14 heavy (non-hydrogen) atoms. The van der Waals surface area contributed by atoms with E-state index >= 15 is 0 Å². The molecule has 0 aliphatic carbocycles. The second-order valence-electron chi connectivity index (χ2n) is 2.93. The van der Waals surface area contributed by atoms with Crippen molar-refractivity contribution in [2.75, 3.05) is 0 Å². The molecule has 0 aliphatic heterocycles. The van der Waals surface area contributed by atoms with Crippen LogP contribution in [0.1, 0.15) is 25.5 Å². The first kappa shape index (κ1) is 18.5. The van der Waals surface area contributed by atoms with Crippen molar-refractivity contribution < 1.29 is 137 Å². The van der Waals surface area contributed by atoms with Gasteiger partial charge in [-0.2, -0.15) is 0 Å². The van der Waals surface area contributed by atoms with Gasteiger partial charge in [-0.15, -0.1) is 5.75 Å². The van der Waals surface area contributed by atoms with E-state index in [0.29, 0.717) is 10.4 Å². The average Bonchev–Trinajstić information content (AvgIpc) is 1.96. The Morgan fingerprint density at radius 3 is 2.14 bits per heavy atom. The molecule has 0 saturated heterocycles. The summed E-state index contributed by atoms with van der Waals surface area (Å²) in [5.74, 6) is -1.26. The van der Waals surface area contributed by atoms with E-state index in [4.69, 9.17) is 5.21 Å². The summed E-state index contributed by atoms with van der Waals surface area (Å²) in [6.45, 7) is 3.65. The summed E-state index contributed by atoms with van der Waals surface area (Å²) in [4.78, 5) is 0. The van der Waals surface area contributed by atoms with Crippen LogP contribution in [0.5, 0.6) is 11.5 Å². The fourth-order valence-electron chi connectivity index (χ4n) is 0.952. The van der Waals surface area contributed by atoms with Gasteiger partial charge in [-0.1, -0.05) is 13.8 Å². The van der Waals surface area contributed by atoms with Crippen LogP contribution >= 0.6 is 0 Å². The second-order valence-corrected chi connectivity index (χ2v) is 2.93. The Bertz CT molecular complexity index is 305. The summed E-state index contributed by atoms with van der Waals surface area (Å²) in [5.41, 5.74) is 0.444. The molecule has 0 aliphatic rings. The summed E-state index contributed by atoms with van der Waals surface area (Å²) < 4.78 is 0.703. The monoisotopic (exact) mass is 338 g/mol. The van der Waals surface area contributed by atoms with Crippen LogP contribution in [0.25, 0.3) is 0 Å². The first-order valence-electron chi connectivity index (χ1n) is 3.65. The van der Waals surface area contributed by atoms with Gasteiger partial charge in [0.05, 0.1) is 0 Å². The first-order valence-corrected chi connectivity index (χ1v) is 3.65. The fourth-order valence-corrected chi connectivity index (χ4v) is 0.952. The molecule has 6 heteroatoms. The molecular weight excluding hydrogens is 329 g/mol. The Kier molecular flexibility index (Phi) is 11.0. The van der Waals surface area contributed by atoms with Gasteiger partial charge in [0.25, 0.3) is 0 Å². The van der Waals surface area contributed by atoms with Crippen LogP contribution in [0.15, 0.2) is 12.3 Å². The third-order valence-electron chi connectivity index (χ3n) is 1.62. The zero-order chi connectivity index (χ0) is 9.30. The molecule has 1 heterocycles. The van der Waals surface area contributed by atoms with Crippen LogP contribution in [0.4, 0.5) is 0 Å². The number of nitrogens with zero attached hydrogens (tertiary/aromatic N) is 1. The molecule has 0 saturated carbocycles. The molecule has 0 amide bonds. The number of hydrogen-bond donors (Lipinski definition) is 1. The molecule has 0 spiro atoms. The van der Waals surface area contributed by atoms with Gasteiger partial charge in [0, 0.05) is 16.7 Å². The SMILES string of the molecule is CC(C)c1cc([O-])c([O-])c[n+]1O.[Rb+].[Rb+]. The molecule has 0 unspecified atom stereocenters. The van der Waals surface area contributed by atoms with E-state index in [1.54, 1.807) is 0 Å².